The molecule has 0 saturated carbocycles. The van der Waals surface area contributed by atoms with Gasteiger partial charge in [-0.3, -0.25) is 0 Å². The summed E-state index contributed by atoms with van der Waals surface area (Å²) in [6.07, 6.45) is -2.84. The topological polar surface area (TPSA) is 64.4 Å². The number of aliphatic imine (C=N–C) groups is 1. The van der Waals surface area contributed by atoms with Crippen molar-refractivity contribution in [2.45, 2.75) is 6.18 Å². The molecule has 17 heavy (non-hydrogen) atoms. The van der Waals surface area contributed by atoms with Gasteiger partial charge in [-0.1, -0.05) is 11.6 Å². The highest BCUT2D eigenvalue weighted by Gasteiger charge is 2.42. The van der Waals surface area contributed by atoms with E-state index in [1.165, 1.54) is 0 Å². The molecule has 0 amide bonds. The lowest BCUT2D eigenvalue weighted by atomic mass is 10.3. The number of ether oxygens (including phenoxy) is 1. The molecular weight excluding hydrogens is 263 g/mol. The van der Waals surface area contributed by atoms with Crippen molar-refractivity contribution in [1.82, 2.24) is 9.97 Å². The molecule has 0 aliphatic heterocycles. The van der Waals surface area contributed by atoms with Crippen LogP contribution in [0.15, 0.2) is 17.4 Å². The zero-order valence-electron chi connectivity index (χ0n) is 8.32. The summed E-state index contributed by atoms with van der Waals surface area (Å²) in [5, 5.41) is 0.135. The lowest BCUT2D eigenvalue weighted by Gasteiger charge is -2.07. The highest BCUT2D eigenvalue weighted by molar-refractivity contribution is 6.39. The van der Waals surface area contributed by atoms with Crippen molar-refractivity contribution >= 4 is 29.2 Å². The molecule has 0 aliphatic rings. The monoisotopic (exact) mass is 267 g/mol. The number of hydrogen-bond acceptors (Lipinski definition) is 5. The van der Waals surface area contributed by atoms with Crippen LogP contribution >= 0.6 is 11.6 Å². The first-order valence-electron chi connectivity index (χ1n) is 4.06. The third-order valence-electron chi connectivity index (χ3n) is 1.47. The van der Waals surface area contributed by atoms with Gasteiger partial charge in [-0.2, -0.15) is 18.2 Å². The van der Waals surface area contributed by atoms with Crippen LogP contribution in [0.5, 0.6) is 0 Å². The molecule has 0 radical (unpaired) electrons. The molecule has 0 N–H and O–H groups in total. The Morgan fingerprint density at radius 2 is 1.94 bits per heavy atom. The van der Waals surface area contributed by atoms with E-state index in [2.05, 4.69) is 19.7 Å². The smallest absolute Gasteiger partial charge is 0.440 e. The summed E-state index contributed by atoms with van der Waals surface area (Å²) in [7, 11) is 0.812. The van der Waals surface area contributed by atoms with Gasteiger partial charge in [0.2, 0.25) is 11.7 Å². The van der Waals surface area contributed by atoms with Crippen LogP contribution in [0.3, 0.4) is 0 Å². The summed E-state index contributed by atoms with van der Waals surface area (Å²) in [5.74, 6) is -2.15. The molecule has 9 heteroatoms. The largest absolute Gasteiger partial charge is 0.464 e. The molecule has 0 fully saturated rings. The molecule has 0 aliphatic carbocycles. The van der Waals surface area contributed by atoms with Gasteiger partial charge >= 0.3 is 12.1 Å². The highest BCUT2D eigenvalue weighted by Crippen LogP contribution is 2.20. The van der Waals surface area contributed by atoms with Crippen molar-refractivity contribution < 1.29 is 22.7 Å². The Morgan fingerprint density at radius 3 is 2.35 bits per heavy atom. The number of alkyl halides is 3. The van der Waals surface area contributed by atoms with Gasteiger partial charge < -0.3 is 4.74 Å². The van der Waals surface area contributed by atoms with Gasteiger partial charge in [0.25, 0.3) is 0 Å². The third-order valence-corrected chi connectivity index (χ3v) is 1.66. The Morgan fingerprint density at radius 1 is 1.41 bits per heavy atom. The van der Waals surface area contributed by atoms with E-state index in [1.807, 2.05) is 0 Å². The number of aromatic nitrogens is 2. The minimum Gasteiger partial charge on any atom is -0.464 e. The lowest BCUT2D eigenvalue weighted by molar-refractivity contribution is -0.137. The van der Waals surface area contributed by atoms with Crippen LogP contribution in [0.25, 0.3) is 0 Å². The Balaban J connectivity index is 3.14. The number of nitrogens with zero attached hydrogens (tertiary/aromatic N) is 3. The van der Waals surface area contributed by atoms with E-state index in [0.717, 1.165) is 19.5 Å². The Bertz CT molecular complexity index is 444. The van der Waals surface area contributed by atoms with Crippen LogP contribution in [0, 0.1) is 0 Å². The standard InChI is InChI=1S/C8H5ClF3N3O2/c1-17-6(16)5(8(10,11)12)15-7-13-2-4(9)3-14-7/h2-3H,1H3/b15-5-. The maximum Gasteiger partial charge on any atom is 0.440 e. The summed E-state index contributed by atoms with van der Waals surface area (Å²) in [5.41, 5.74) is -1.73. The summed E-state index contributed by atoms with van der Waals surface area (Å²) >= 11 is 5.44. The van der Waals surface area contributed by atoms with Gasteiger partial charge in [-0.05, 0) is 0 Å². The van der Waals surface area contributed by atoms with Gasteiger partial charge in [0.15, 0.2) is 0 Å². The average Bonchev–Trinajstić information content (AvgIpc) is 2.25. The number of esters is 1. The number of rotatable bonds is 2. The summed E-state index contributed by atoms with van der Waals surface area (Å²) in [6.45, 7) is 0. The van der Waals surface area contributed by atoms with Crippen LogP contribution in [-0.4, -0.2) is 34.9 Å². The van der Waals surface area contributed by atoms with E-state index in [9.17, 15) is 18.0 Å². The van der Waals surface area contributed by atoms with Gasteiger partial charge in [-0.25, -0.2) is 14.8 Å². The first-order valence-corrected chi connectivity index (χ1v) is 4.44. The Hall–Kier alpha value is -1.70. The fourth-order valence-electron chi connectivity index (χ4n) is 0.785. The van der Waals surface area contributed by atoms with Crippen molar-refractivity contribution in [3.05, 3.63) is 17.4 Å². The number of halogens is 4. The van der Waals surface area contributed by atoms with Crippen LogP contribution < -0.4 is 0 Å². The molecule has 1 aromatic heterocycles. The Kier molecular flexibility index (Phi) is 4.00. The minimum atomic E-state index is -4.95. The first kappa shape index (κ1) is 13.4. The van der Waals surface area contributed by atoms with Crippen LogP contribution in [-0.2, 0) is 9.53 Å². The molecular formula is C8H5ClF3N3O2. The molecule has 5 nitrogen and oxygen atoms in total. The van der Waals surface area contributed by atoms with Gasteiger partial charge in [0.1, 0.15) is 0 Å². The molecule has 1 rings (SSSR count). The van der Waals surface area contributed by atoms with E-state index in [4.69, 9.17) is 11.6 Å². The molecule has 0 spiro atoms. The summed E-state index contributed by atoms with van der Waals surface area (Å²) in [6, 6.07) is 0. The molecule has 92 valence electrons. The predicted molar refractivity (Wildman–Crippen MR) is 52.2 cm³/mol. The zero-order valence-corrected chi connectivity index (χ0v) is 9.08. The van der Waals surface area contributed by atoms with Crippen LogP contribution in [0.4, 0.5) is 19.1 Å². The fourth-order valence-corrected chi connectivity index (χ4v) is 0.882. The van der Waals surface area contributed by atoms with Crippen molar-refractivity contribution in [2.24, 2.45) is 4.99 Å². The third kappa shape index (κ3) is 3.66. The summed E-state index contributed by atoms with van der Waals surface area (Å²) in [4.78, 5) is 20.7. The number of hydrogen-bond donors (Lipinski definition) is 0. The van der Waals surface area contributed by atoms with E-state index < -0.39 is 23.8 Å². The normalized spacial score (nSPS) is 12.4. The van der Waals surface area contributed by atoms with E-state index in [1.54, 1.807) is 0 Å². The second kappa shape index (κ2) is 5.09. The molecule has 0 aromatic carbocycles. The molecule has 0 saturated heterocycles. The summed E-state index contributed by atoms with van der Waals surface area (Å²) < 4.78 is 41.2. The van der Waals surface area contributed by atoms with Gasteiger partial charge in [0, 0.05) is 0 Å². The number of carbonyl (C=O) groups excluding carboxylic acids is 1. The van der Waals surface area contributed by atoms with Gasteiger partial charge in [-0.15, -0.1) is 0 Å². The van der Waals surface area contributed by atoms with Gasteiger partial charge in [0.05, 0.1) is 24.5 Å². The highest BCUT2D eigenvalue weighted by atomic mass is 35.5. The van der Waals surface area contributed by atoms with Crippen LogP contribution in [0.2, 0.25) is 5.02 Å². The average molecular weight is 268 g/mol. The van der Waals surface area contributed by atoms with Crippen molar-refractivity contribution in [3.63, 3.8) is 0 Å². The second-order valence-corrected chi connectivity index (χ2v) is 3.09. The van der Waals surface area contributed by atoms with E-state index in [-0.39, 0.29) is 5.02 Å². The first-order chi connectivity index (χ1) is 7.84. The number of methoxy groups -OCH3 is 1. The molecule has 1 heterocycles. The number of carbonyl (C=O) groups is 1. The van der Waals surface area contributed by atoms with E-state index >= 15 is 0 Å². The maximum absolute atomic E-state index is 12.4. The van der Waals surface area contributed by atoms with Crippen molar-refractivity contribution in [3.8, 4) is 0 Å². The quantitative estimate of drug-likeness (QED) is 0.607. The van der Waals surface area contributed by atoms with Crippen molar-refractivity contribution in [1.29, 1.82) is 0 Å². The van der Waals surface area contributed by atoms with Crippen LogP contribution in [0.1, 0.15) is 0 Å². The minimum absolute atomic E-state index is 0.135. The Labute approximate surface area is 98.3 Å². The molecule has 1 aromatic rings. The maximum atomic E-state index is 12.4. The fraction of sp³-hybridized carbons (Fsp3) is 0.250. The molecule has 0 atom stereocenters. The van der Waals surface area contributed by atoms with Crippen molar-refractivity contribution in [2.75, 3.05) is 7.11 Å². The second-order valence-electron chi connectivity index (χ2n) is 2.65. The SMILES string of the molecule is COC(=O)/C(=N/c1ncc(Cl)cn1)C(F)(F)F. The zero-order chi connectivity index (χ0) is 13.1. The van der Waals surface area contributed by atoms with E-state index in [0.29, 0.717) is 0 Å². The lowest BCUT2D eigenvalue weighted by Crippen LogP contribution is -2.32. The predicted octanol–water partition coefficient (Wildman–Crippen LogP) is 1.94. The molecule has 0 bridgehead atoms. The molecule has 0 unspecified atom stereocenters.